The van der Waals surface area contributed by atoms with Gasteiger partial charge in [0.1, 0.15) is 12.3 Å². The van der Waals surface area contributed by atoms with E-state index in [4.69, 9.17) is 4.42 Å². The van der Waals surface area contributed by atoms with Crippen molar-refractivity contribution in [3.63, 3.8) is 0 Å². The molecule has 6 nitrogen and oxygen atoms in total. The molecule has 0 radical (unpaired) electrons. The Bertz CT molecular complexity index is 472. The molecule has 3 unspecified atom stereocenters. The lowest BCUT2D eigenvalue weighted by Crippen LogP contribution is -2.51. The number of nitrogens with one attached hydrogen (secondary N) is 2. The largest absolute Gasteiger partial charge is 0.472 e. The van der Waals surface area contributed by atoms with Gasteiger partial charge in [-0.05, 0) is 25.8 Å². The first-order chi connectivity index (χ1) is 10.1. The molecule has 0 aliphatic heterocycles. The first-order valence-electron chi connectivity index (χ1n) is 7.36. The Hall–Kier alpha value is -1.82. The molecule has 116 valence electrons. The predicted molar refractivity (Wildman–Crippen MR) is 76.6 cm³/mol. The van der Waals surface area contributed by atoms with E-state index in [-0.39, 0.29) is 30.4 Å². The monoisotopic (exact) mass is 294 g/mol. The highest BCUT2D eigenvalue weighted by molar-refractivity contribution is 5.97. The molecule has 6 heteroatoms. The van der Waals surface area contributed by atoms with E-state index in [1.54, 1.807) is 13.0 Å². The normalized spacial score (nSPS) is 23.3. The van der Waals surface area contributed by atoms with E-state index in [9.17, 15) is 14.7 Å². The molecule has 3 atom stereocenters. The van der Waals surface area contributed by atoms with Crippen LogP contribution in [0.15, 0.2) is 23.0 Å². The summed E-state index contributed by atoms with van der Waals surface area (Å²) in [5, 5.41) is 14.9. The van der Waals surface area contributed by atoms with Crippen molar-refractivity contribution in [2.45, 2.75) is 44.7 Å². The zero-order chi connectivity index (χ0) is 15.2. The lowest BCUT2D eigenvalue weighted by Gasteiger charge is -2.31. The number of amides is 2. The Kier molecular flexibility index (Phi) is 5.38. The van der Waals surface area contributed by atoms with Gasteiger partial charge >= 0.3 is 0 Å². The van der Waals surface area contributed by atoms with Crippen molar-refractivity contribution in [2.24, 2.45) is 5.92 Å². The van der Waals surface area contributed by atoms with Crippen LogP contribution >= 0.6 is 0 Å². The summed E-state index contributed by atoms with van der Waals surface area (Å²) in [6, 6.07) is 0.904. The minimum Gasteiger partial charge on any atom is -0.472 e. The highest BCUT2D eigenvalue weighted by atomic mass is 16.3. The van der Waals surface area contributed by atoms with Crippen molar-refractivity contribution in [3.05, 3.63) is 24.2 Å². The Labute approximate surface area is 123 Å². The Morgan fingerprint density at radius 1 is 1.43 bits per heavy atom. The summed E-state index contributed by atoms with van der Waals surface area (Å²) in [7, 11) is 0. The molecule has 1 fully saturated rings. The minimum absolute atomic E-state index is 0.00970. The van der Waals surface area contributed by atoms with Gasteiger partial charge in [0.05, 0.1) is 11.8 Å². The van der Waals surface area contributed by atoms with Crippen LogP contribution in [0.4, 0.5) is 0 Å². The third-order valence-corrected chi connectivity index (χ3v) is 4.00. The number of rotatable bonds is 5. The maximum absolute atomic E-state index is 12.1. The second-order valence-electron chi connectivity index (χ2n) is 5.55. The van der Waals surface area contributed by atoms with Crippen LogP contribution in [-0.4, -0.2) is 35.6 Å². The molecule has 3 N–H and O–H groups in total. The van der Waals surface area contributed by atoms with Gasteiger partial charge in [0.15, 0.2) is 0 Å². The van der Waals surface area contributed by atoms with Gasteiger partial charge in [0, 0.05) is 18.6 Å². The van der Waals surface area contributed by atoms with E-state index < -0.39 is 6.04 Å². The third kappa shape index (κ3) is 4.07. The van der Waals surface area contributed by atoms with Crippen molar-refractivity contribution in [3.8, 4) is 0 Å². The molecular formula is C15H22N2O4. The molecule has 0 aromatic carbocycles. The van der Waals surface area contributed by atoms with Gasteiger partial charge in [0.25, 0.3) is 5.91 Å². The second-order valence-corrected chi connectivity index (χ2v) is 5.55. The van der Waals surface area contributed by atoms with Crippen LogP contribution in [0.2, 0.25) is 0 Å². The maximum Gasteiger partial charge on any atom is 0.255 e. The fourth-order valence-corrected chi connectivity index (χ4v) is 2.66. The van der Waals surface area contributed by atoms with Gasteiger partial charge in [-0.1, -0.05) is 12.8 Å². The standard InChI is InChI=1S/C15H22N2O4/c1-10(16-15(20)12-6-7-21-9-12)14(19)17-13-5-3-2-4-11(13)8-18/h6-7,9-11,13,18H,2-5,8H2,1H3,(H,16,20)(H,17,19). The summed E-state index contributed by atoms with van der Waals surface area (Å²) in [5.74, 6) is -0.453. The molecule has 21 heavy (non-hydrogen) atoms. The fourth-order valence-electron chi connectivity index (χ4n) is 2.66. The highest BCUT2D eigenvalue weighted by Crippen LogP contribution is 2.23. The lowest BCUT2D eigenvalue weighted by molar-refractivity contribution is -0.124. The van der Waals surface area contributed by atoms with Gasteiger partial charge in [-0.15, -0.1) is 0 Å². The number of hydrogen-bond donors (Lipinski definition) is 3. The molecule has 1 aliphatic rings. The van der Waals surface area contributed by atoms with Crippen LogP contribution < -0.4 is 10.6 Å². The quantitative estimate of drug-likeness (QED) is 0.757. The van der Waals surface area contributed by atoms with Crippen molar-refractivity contribution in [1.82, 2.24) is 10.6 Å². The van der Waals surface area contributed by atoms with Crippen LogP contribution in [-0.2, 0) is 4.79 Å². The SMILES string of the molecule is CC(NC(=O)c1ccoc1)C(=O)NC1CCCCC1CO. The number of carbonyl (C=O) groups excluding carboxylic acids is 2. The van der Waals surface area contributed by atoms with E-state index in [0.717, 1.165) is 25.7 Å². The van der Waals surface area contributed by atoms with Crippen LogP contribution in [0.5, 0.6) is 0 Å². The molecule has 1 aromatic rings. The molecule has 1 saturated carbocycles. The zero-order valence-corrected chi connectivity index (χ0v) is 12.2. The number of hydrogen-bond acceptors (Lipinski definition) is 4. The van der Waals surface area contributed by atoms with Gasteiger partial charge in [-0.2, -0.15) is 0 Å². The summed E-state index contributed by atoms with van der Waals surface area (Å²) in [6.45, 7) is 1.73. The molecule has 2 rings (SSSR count). The first-order valence-corrected chi connectivity index (χ1v) is 7.36. The highest BCUT2D eigenvalue weighted by Gasteiger charge is 2.27. The van der Waals surface area contributed by atoms with Gasteiger partial charge in [-0.25, -0.2) is 0 Å². The van der Waals surface area contributed by atoms with Gasteiger partial charge < -0.3 is 20.2 Å². The number of furan rings is 1. The van der Waals surface area contributed by atoms with Crippen LogP contribution in [0.3, 0.4) is 0 Å². The lowest BCUT2D eigenvalue weighted by atomic mass is 9.85. The molecular weight excluding hydrogens is 272 g/mol. The first kappa shape index (κ1) is 15.6. The van der Waals surface area contributed by atoms with E-state index >= 15 is 0 Å². The zero-order valence-electron chi connectivity index (χ0n) is 12.2. The van der Waals surface area contributed by atoms with Gasteiger partial charge in [-0.3, -0.25) is 9.59 Å². The topological polar surface area (TPSA) is 91.6 Å². The van der Waals surface area contributed by atoms with Crippen LogP contribution in [0.1, 0.15) is 43.0 Å². The molecule has 0 bridgehead atoms. The van der Waals surface area contributed by atoms with Crippen molar-refractivity contribution in [1.29, 1.82) is 0 Å². The summed E-state index contributed by atoms with van der Waals surface area (Å²) < 4.78 is 4.84. The summed E-state index contributed by atoms with van der Waals surface area (Å²) in [4.78, 5) is 24.0. The van der Waals surface area contributed by atoms with E-state index in [1.807, 2.05) is 0 Å². The van der Waals surface area contributed by atoms with E-state index in [0.29, 0.717) is 5.56 Å². The number of carbonyl (C=O) groups is 2. The second kappa shape index (κ2) is 7.26. The Morgan fingerprint density at radius 3 is 2.86 bits per heavy atom. The molecule has 2 amide bonds. The number of aliphatic hydroxyl groups excluding tert-OH is 1. The average Bonchev–Trinajstić information content (AvgIpc) is 3.02. The van der Waals surface area contributed by atoms with Crippen molar-refractivity contribution in [2.75, 3.05) is 6.61 Å². The predicted octanol–water partition coefficient (Wildman–Crippen LogP) is 1.07. The van der Waals surface area contributed by atoms with Gasteiger partial charge in [0.2, 0.25) is 5.91 Å². The smallest absolute Gasteiger partial charge is 0.255 e. The summed E-state index contributed by atoms with van der Waals surface area (Å²) in [6.07, 6.45) is 6.69. The van der Waals surface area contributed by atoms with Crippen LogP contribution in [0, 0.1) is 5.92 Å². The Morgan fingerprint density at radius 2 is 2.19 bits per heavy atom. The maximum atomic E-state index is 12.1. The average molecular weight is 294 g/mol. The molecule has 1 aliphatic carbocycles. The van der Waals surface area contributed by atoms with Crippen LogP contribution in [0.25, 0.3) is 0 Å². The summed E-state index contributed by atoms with van der Waals surface area (Å²) >= 11 is 0. The molecule has 1 heterocycles. The van der Waals surface area contributed by atoms with Crippen molar-refractivity contribution < 1.29 is 19.1 Å². The van der Waals surface area contributed by atoms with E-state index in [1.165, 1.54) is 12.5 Å². The third-order valence-electron chi connectivity index (χ3n) is 4.00. The molecule has 0 saturated heterocycles. The van der Waals surface area contributed by atoms with Crippen molar-refractivity contribution >= 4 is 11.8 Å². The summed E-state index contributed by atoms with van der Waals surface area (Å²) in [5.41, 5.74) is 0.389. The minimum atomic E-state index is -0.631. The Balaban J connectivity index is 1.85. The molecule has 1 aromatic heterocycles. The molecule has 0 spiro atoms. The number of aliphatic hydroxyl groups is 1. The van der Waals surface area contributed by atoms with E-state index in [2.05, 4.69) is 10.6 Å². The fraction of sp³-hybridized carbons (Fsp3) is 0.600.